The molecule has 6 nitrogen and oxygen atoms in total. The van der Waals surface area contributed by atoms with Crippen molar-refractivity contribution in [2.24, 2.45) is 0 Å². The molecule has 0 saturated carbocycles. The van der Waals surface area contributed by atoms with Crippen molar-refractivity contribution >= 4 is 11.6 Å². The van der Waals surface area contributed by atoms with Crippen LogP contribution in [0.1, 0.15) is 34.3 Å². The van der Waals surface area contributed by atoms with Gasteiger partial charge >= 0.3 is 0 Å². The summed E-state index contributed by atoms with van der Waals surface area (Å²) in [7, 11) is 0. The fraction of sp³-hybridized carbons (Fsp3) is 0.333. The van der Waals surface area contributed by atoms with Crippen LogP contribution in [-0.2, 0) is 6.61 Å². The van der Waals surface area contributed by atoms with Crippen molar-refractivity contribution in [1.29, 1.82) is 0 Å². The summed E-state index contributed by atoms with van der Waals surface area (Å²) >= 11 is 0. The first-order valence-electron chi connectivity index (χ1n) is 6.67. The Labute approximate surface area is 122 Å². The number of hydrogen-bond donors (Lipinski definition) is 2. The molecule has 1 heterocycles. The van der Waals surface area contributed by atoms with Crippen LogP contribution in [0.3, 0.4) is 0 Å². The summed E-state index contributed by atoms with van der Waals surface area (Å²) in [4.78, 5) is 12.2. The van der Waals surface area contributed by atoms with Crippen LogP contribution < -0.4 is 10.1 Å². The molecule has 0 unspecified atom stereocenters. The summed E-state index contributed by atoms with van der Waals surface area (Å²) in [5.41, 5.74) is 2.16. The second-order valence-corrected chi connectivity index (χ2v) is 4.57. The van der Waals surface area contributed by atoms with Crippen LogP contribution in [0, 0.1) is 13.8 Å². The average molecular weight is 290 g/mol. The van der Waals surface area contributed by atoms with Gasteiger partial charge in [0.1, 0.15) is 17.1 Å². The smallest absolute Gasteiger partial charge is 0.261 e. The number of carbonyl (C=O) groups excluding carboxylic acids is 1. The molecular formula is C15H18N2O4. The van der Waals surface area contributed by atoms with Crippen molar-refractivity contribution in [1.82, 2.24) is 5.16 Å². The lowest BCUT2D eigenvalue weighted by Crippen LogP contribution is -2.14. The summed E-state index contributed by atoms with van der Waals surface area (Å²) in [6.45, 7) is 5.62. The largest absolute Gasteiger partial charge is 0.494 e. The lowest BCUT2D eigenvalue weighted by Gasteiger charge is -2.11. The summed E-state index contributed by atoms with van der Waals surface area (Å²) in [5.74, 6) is 0.785. The van der Waals surface area contributed by atoms with Gasteiger partial charge in [0.05, 0.1) is 18.9 Å². The van der Waals surface area contributed by atoms with Gasteiger partial charge in [0.25, 0.3) is 5.91 Å². The molecule has 21 heavy (non-hydrogen) atoms. The lowest BCUT2D eigenvalue weighted by atomic mass is 10.1. The first-order chi connectivity index (χ1) is 10.1. The Morgan fingerprint density at radius 1 is 1.43 bits per heavy atom. The van der Waals surface area contributed by atoms with Crippen molar-refractivity contribution in [3.05, 3.63) is 40.8 Å². The number of aryl methyl sites for hydroxylation is 2. The van der Waals surface area contributed by atoms with Gasteiger partial charge in [-0.25, -0.2) is 0 Å². The Hall–Kier alpha value is -2.34. The number of carbonyl (C=O) groups is 1. The zero-order chi connectivity index (χ0) is 15.4. The van der Waals surface area contributed by atoms with Crippen LogP contribution in [0.4, 0.5) is 5.69 Å². The minimum absolute atomic E-state index is 0.162. The van der Waals surface area contributed by atoms with Gasteiger partial charge in [-0.2, -0.15) is 0 Å². The quantitative estimate of drug-likeness (QED) is 0.883. The number of anilines is 1. The average Bonchev–Trinajstić information content (AvgIpc) is 2.80. The summed E-state index contributed by atoms with van der Waals surface area (Å²) in [6.07, 6.45) is 0. The minimum atomic E-state index is -0.292. The number of nitrogens with zero attached hydrogens (tertiary/aromatic N) is 1. The monoisotopic (exact) mass is 290 g/mol. The van der Waals surface area contributed by atoms with Gasteiger partial charge in [-0.1, -0.05) is 5.16 Å². The van der Waals surface area contributed by atoms with Crippen LogP contribution >= 0.6 is 0 Å². The molecule has 0 atom stereocenters. The van der Waals surface area contributed by atoms with Crippen LogP contribution in [-0.4, -0.2) is 22.8 Å². The molecule has 0 radical (unpaired) electrons. The molecule has 1 amide bonds. The van der Waals surface area contributed by atoms with E-state index in [-0.39, 0.29) is 12.5 Å². The van der Waals surface area contributed by atoms with E-state index in [0.717, 1.165) is 0 Å². The van der Waals surface area contributed by atoms with E-state index in [4.69, 9.17) is 9.26 Å². The fourth-order valence-electron chi connectivity index (χ4n) is 2.08. The van der Waals surface area contributed by atoms with E-state index in [1.54, 1.807) is 32.0 Å². The fourth-order valence-corrected chi connectivity index (χ4v) is 2.08. The number of aliphatic hydroxyl groups excluding tert-OH is 1. The molecule has 0 aliphatic carbocycles. The number of ether oxygens (including phenoxy) is 1. The molecule has 2 rings (SSSR count). The van der Waals surface area contributed by atoms with Gasteiger partial charge < -0.3 is 19.7 Å². The standard InChI is InChI=1S/C15H18N2O4/c1-4-20-13-6-5-12(7-11(13)8-18)16-15(19)14-9(2)17-21-10(14)3/h5-7,18H,4,8H2,1-3H3,(H,16,19). The predicted octanol–water partition coefficient (Wildman–Crippen LogP) is 2.43. The number of nitrogens with one attached hydrogen (secondary N) is 1. The molecule has 0 fully saturated rings. The number of hydrogen-bond acceptors (Lipinski definition) is 5. The highest BCUT2D eigenvalue weighted by Crippen LogP contribution is 2.24. The zero-order valence-corrected chi connectivity index (χ0v) is 12.3. The molecule has 0 spiro atoms. The Balaban J connectivity index is 2.22. The highest BCUT2D eigenvalue weighted by atomic mass is 16.5. The predicted molar refractivity (Wildman–Crippen MR) is 77.5 cm³/mol. The maximum Gasteiger partial charge on any atom is 0.261 e. The van der Waals surface area contributed by atoms with Gasteiger partial charge in [-0.05, 0) is 39.0 Å². The second kappa shape index (κ2) is 6.41. The van der Waals surface area contributed by atoms with E-state index < -0.39 is 0 Å². The Bertz CT molecular complexity index is 630. The number of amides is 1. The zero-order valence-electron chi connectivity index (χ0n) is 12.3. The van der Waals surface area contributed by atoms with Gasteiger partial charge in [-0.15, -0.1) is 0 Å². The molecule has 0 aliphatic heterocycles. The molecule has 2 N–H and O–H groups in total. The van der Waals surface area contributed by atoms with Gasteiger partial charge in [0.15, 0.2) is 0 Å². The van der Waals surface area contributed by atoms with Crippen molar-refractivity contribution < 1.29 is 19.2 Å². The Kier molecular flexibility index (Phi) is 4.59. The number of benzene rings is 1. The molecular weight excluding hydrogens is 272 g/mol. The second-order valence-electron chi connectivity index (χ2n) is 4.57. The molecule has 0 bridgehead atoms. The minimum Gasteiger partial charge on any atom is -0.494 e. The summed E-state index contributed by atoms with van der Waals surface area (Å²) in [5, 5.41) is 15.9. The van der Waals surface area contributed by atoms with E-state index in [9.17, 15) is 9.90 Å². The van der Waals surface area contributed by atoms with E-state index in [0.29, 0.717) is 40.6 Å². The van der Waals surface area contributed by atoms with Crippen LogP contribution in [0.25, 0.3) is 0 Å². The topological polar surface area (TPSA) is 84.6 Å². The highest BCUT2D eigenvalue weighted by Gasteiger charge is 2.17. The van der Waals surface area contributed by atoms with E-state index in [1.165, 1.54) is 0 Å². The maximum absolute atomic E-state index is 12.2. The first kappa shape index (κ1) is 15.1. The first-order valence-corrected chi connectivity index (χ1v) is 6.67. The number of rotatable bonds is 5. The Morgan fingerprint density at radius 2 is 2.19 bits per heavy atom. The van der Waals surface area contributed by atoms with Gasteiger partial charge in [0.2, 0.25) is 0 Å². The van der Waals surface area contributed by atoms with Gasteiger partial charge in [0, 0.05) is 11.3 Å². The van der Waals surface area contributed by atoms with Crippen molar-refractivity contribution in [2.45, 2.75) is 27.4 Å². The number of aliphatic hydroxyl groups is 1. The third-order valence-corrected chi connectivity index (χ3v) is 3.05. The molecule has 112 valence electrons. The van der Waals surface area contributed by atoms with Crippen molar-refractivity contribution in [3.8, 4) is 5.75 Å². The maximum atomic E-state index is 12.2. The normalized spacial score (nSPS) is 10.5. The third kappa shape index (κ3) is 3.22. The van der Waals surface area contributed by atoms with E-state index >= 15 is 0 Å². The molecule has 6 heteroatoms. The molecule has 0 aliphatic rings. The van der Waals surface area contributed by atoms with Crippen molar-refractivity contribution in [2.75, 3.05) is 11.9 Å². The summed E-state index contributed by atoms with van der Waals surface area (Å²) < 4.78 is 10.4. The molecule has 1 aromatic carbocycles. The third-order valence-electron chi connectivity index (χ3n) is 3.05. The molecule has 1 aromatic heterocycles. The van der Waals surface area contributed by atoms with Crippen LogP contribution in [0.15, 0.2) is 22.7 Å². The Morgan fingerprint density at radius 3 is 2.76 bits per heavy atom. The molecule has 2 aromatic rings. The molecule has 0 saturated heterocycles. The van der Waals surface area contributed by atoms with Crippen LogP contribution in [0.2, 0.25) is 0 Å². The highest BCUT2D eigenvalue weighted by molar-refractivity contribution is 6.05. The number of aromatic nitrogens is 1. The van der Waals surface area contributed by atoms with Crippen LogP contribution in [0.5, 0.6) is 5.75 Å². The summed E-state index contributed by atoms with van der Waals surface area (Å²) in [6, 6.07) is 5.12. The van der Waals surface area contributed by atoms with Crippen molar-refractivity contribution in [3.63, 3.8) is 0 Å². The van der Waals surface area contributed by atoms with Gasteiger partial charge in [-0.3, -0.25) is 4.79 Å². The lowest BCUT2D eigenvalue weighted by molar-refractivity contribution is 0.102. The SMILES string of the molecule is CCOc1ccc(NC(=O)c2c(C)noc2C)cc1CO. The van der Waals surface area contributed by atoms with E-state index in [2.05, 4.69) is 10.5 Å². The van der Waals surface area contributed by atoms with E-state index in [1.807, 2.05) is 6.92 Å².